The normalized spacial score (nSPS) is 12.1. The summed E-state index contributed by atoms with van der Waals surface area (Å²) >= 11 is 0. The highest BCUT2D eigenvalue weighted by atomic mass is 15.0. The molecule has 0 aliphatic rings. The van der Waals surface area contributed by atoms with Crippen molar-refractivity contribution in [2.24, 2.45) is 0 Å². The summed E-state index contributed by atoms with van der Waals surface area (Å²) in [6.45, 7) is 6.48. The molecule has 2 nitrogen and oxygen atoms in total. The van der Waals surface area contributed by atoms with Crippen molar-refractivity contribution in [3.63, 3.8) is 0 Å². The van der Waals surface area contributed by atoms with Crippen molar-refractivity contribution in [2.75, 3.05) is 0 Å². The Labute approximate surface area is 331 Å². The standard InChI is InChI=1S/C55H38N2/c1-3-42-43-20-7-8-21-44(43)45-22-9-10-23-46(45)49(42)32-36(2)37-16-15-17-38(33-37)39-28-30-54-50(34-39)47-24-11-14-27-53(47)57(54)41-29-31-55-51(35-41)48-25-12-13-26-52(48)56(55)40-18-5-4-6-19-40/h3-35H,1H2,2H3/b36-32+. The van der Waals surface area contributed by atoms with E-state index in [4.69, 9.17) is 0 Å². The molecule has 2 heteroatoms. The van der Waals surface area contributed by atoms with Crippen molar-refractivity contribution < 1.29 is 0 Å². The van der Waals surface area contributed by atoms with Crippen LogP contribution < -0.4 is 0 Å². The Morgan fingerprint density at radius 1 is 0.386 bits per heavy atom. The number of fused-ring (bicyclic) bond motifs is 9. The van der Waals surface area contributed by atoms with Crippen LogP contribution >= 0.6 is 0 Å². The highest BCUT2D eigenvalue weighted by Crippen LogP contribution is 2.40. The van der Waals surface area contributed by atoms with E-state index in [0.29, 0.717) is 0 Å². The minimum absolute atomic E-state index is 1.15. The largest absolute Gasteiger partial charge is 0.309 e. The van der Waals surface area contributed by atoms with Crippen molar-refractivity contribution in [1.82, 2.24) is 9.13 Å². The Morgan fingerprint density at radius 3 is 1.56 bits per heavy atom. The molecule has 0 unspecified atom stereocenters. The number of rotatable bonds is 6. The molecule has 11 aromatic rings. The number of aromatic nitrogens is 2. The molecule has 9 aromatic carbocycles. The van der Waals surface area contributed by atoms with Gasteiger partial charge in [-0.2, -0.15) is 0 Å². The third-order valence-electron chi connectivity index (χ3n) is 11.8. The summed E-state index contributed by atoms with van der Waals surface area (Å²) in [6, 6.07) is 68.4. The van der Waals surface area contributed by atoms with Crippen LogP contribution in [0.5, 0.6) is 0 Å². The van der Waals surface area contributed by atoms with Gasteiger partial charge in [-0.25, -0.2) is 0 Å². The number of para-hydroxylation sites is 3. The molecular formula is C55H38N2. The highest BCUT2D eigenvalue weighted by molar-refractivity contribution is 6.16. The zero-order chi connectivity index (χ0) is 38.0. The molecule has 11 rings (SSSR count). The van der Waals surface area contributed by atoms with Gasteiger partial charge in [0.1, 0.15) is 0 Å². The average Bonchev–Trinajstić information content (AvgIpc) is 3.79. The summed E-state index contributed by atoms with van der Waals surface area (Å²) in [4.78, 5) is 0. The summed E-state index contributed by atoms with van der Waals surface area (Å²) in [5.74, 6) is 0. The van der Waals surface area contributed by atoms with E-state index in [1.807, 2.05) is 6.08 Å². The second-order valence-electron chi connectivity index (χ2n) is 15.0. The van der Waals surface area contributed by atoms with Gasteiger partial charge in [0.05, 0.1) is 22.1 Å². The van der Waals surface area contributed by atoms with E-state index in [1.54, 1.807) is 0 Å². The van der Waals surface area contributed by atoms with Gasteiger partial charge < -0.3 is 9.13 Å². The number of hydrogen-bond donors (Lipinski definition) is 0. The second kappa shape index (κ2) is 13.1. The van der Waals surface area contributed by atoms with Gasteiger partial charge in [0.25, 0.3) is 0 Å². The SMILES string of the molecule is C=Cc1c(/C=C(\C)c2cccc(-c3ccc4c(c3)c3ccccc3n4-c3ccc4c(c3)c3ccccc3n4-c3ccccc3)c2)c2ccccc2c2ccccc12. The van der Waals surface area contributed by atoms with Crippen molar-refractivity contribution in [3.05, 3.63) is 211 Å². The molecule has 0 aliphatic heterocycles. The van der Waals surface area contributed by atoms with E-state index in [0.717, 1.165) is 5.69 Å². The molecule has 0 radical (unpaired) electrons. The maximum atomic E-state index is 4.26. The Balaban J connectivity index is 1.03. The van der Waals surface area contributed by atoms with Gasteiger partial charge in [-0.1, -0.05) is 146 Å². The topological polar surface area (TPSA) is 9.86 Å². The fourth-order valence-corrected chi connectivity index (χ4v) is 9.20. The van der Waals surface area contributed by atoms with Gasteiger partial charge in [0, 0.05) is 32.9 Å². The molecule has 2 heterocycles. The lowest BCUT2D eigenvalue weighted by atomic mass is 9.89. The Morgan fingerprint density at radius 2 is 0.895 bits per heavy atom. The molecule has 0 fully saturated rings. The van der Waals surface area contributed by atoms with E-state index in [-0.39, 0.29) is 0 Å². The van der Waals surface area contributed by atoms with Gasteiger partial charge in [0.15, 0.2) is 0 Å². The lowest BCUT2D eigenvalue weighted by Crippen LogP contribution is -1.95. The minimum atomic E-state index is 1.15. The molecule has 0 aliphatic carbocycles. The van der Waals surface area contributed by atoms with Crippen molar-refractivity contribution >= 4 is 82.9 Å². The van der Waals surface area contributed by atoms with E-state index in [2.05, 4.69) is 217 Å². The first-order valence-electron chi connectivity index (χ1n) is 19.6. The second-order valence-corrected chi connectivity index (χ2v) is 15.0. The van der Waals surface area contributed by atoms with Gasteiger partial charge in [-0.3, -0.25) is 0 Å². The Bertz CT molecular complexity index is 3430. The molecule has 0 amide bonds. The van der Waals surface area contributed by atoms with E-state index in [9.17, 15) is 0 Å². The van der Waals surface area contributed by atoms with Crippen molar-refractivity contribution in [2.45, 2.75) is 6.92 Å². The molecule has 0 saturated heterocycles. The number of benzene rings is 9. The van der Waals surface area contributed by atoms with Crippen LogP contribution in [0.2, 0.25) is 0 Å². The zero-order valence-electron chi connectivity index (χ0n) is 31.7. The summed E-state index contributed by atoms with van der Waals surface area (Å²) in [5, 5.41) is 9.96. The van der Waals surface area contributed by atoms with E-state index < -0.39 is 0 Å². The van der Waals surface area contributed by atoms with E-state index >= 15 is 0 Å². The molecular weight excluding hydrogens is 689 g/mol. The lowest BCUT2D eigenvalue weighted by Gasteiger charge is -2.14. The van der Waals surface area contributed by atoms with Crippen LogP contribution in [0.15, 0.2) is 195 Å². The quantitative estimate of drug-likeness (QED) is 0.119. The molecule has 0 atom stereocenters. The molecule has 0 bridgehead atoms. The van der Waals surface area contributed by atoms with Crippen molar-refractivity contribution in [1.29, 1.82) is 0 Å². The predicted octanol–water partition coefficient (Wildman–Crippen LogP) is 15.1. The fourth-order valence-electron chi connectivity index (χ4n) is 9.20. The summed E-state index contributed by atoms with van der Waals surface area (Å²) in [6.07, 6.45) is 4.35. The van der Waals surface area contributed by atoms with Crippen LogP contribution in [-0.2, 0) is 0 Å². The van der Waals surface area contributed by atoms with Gasteiger partial charge in [0.2, 0.25) is 0 Å². The van der Waals surface area contributed by atoms with Gasteiger partial charge in [-0.15, -0.1) is 0 Å². The fraction of sp³-hybridized carbons (Fsp3) is 0.0182. The van der Waals surface area contributed by atoms with Crippen LogP contribution in [0.25, 0.3) is 105 Å². The summed E-state index contributed by atoms with van der Waals surface area (Å²) in [5.41, 5.74) is 14.3. The average molecular weight is 727 g/mol. The van der Waals surface area contributed by atoms with E-state index in [1.165, 1.54) is 104 Å². The first kappa shape index (κ1) is 33.0. The summed E-state index contributed by atoms with van der Waals surface area (Å²) in [7, 11) is 0. The smallest absolute Gasteiger partial charge is 0.0542 e. The van der Waals surface area contributed by atoms with Gasteiger partial charge >= 0.3 is 0 Å². The van der Waals surface area contributed by atoms with Crippen LogP contribution in [0.1, 0.15) is 23.6 Å². The monoisotopic (exact) mass is 726 g/mol. The number of hydrogen-bond acceptors (Lipinski definition) is 0. The van der Waals surface area contributed by atoms with Crippen molar-refractivity contribution in [3.8, 4) is 22.5 Å². The van der Waals surface area contributed by atoms with Crippen LogP contribution in [-0.4, -0.2) is 9.13 Å². The Kier molecular flexibility index (Phi) is 7.58. The number of allylic oxidation sites excluding steroid dienone is 1. The van der Waals surface area contributed by atoms with Crippen LogP contribution in [0.4, 0.5) is 0 Å². The first-order valence-corrected chi connectivity index (χ1v) is 19.6. The maximum Gasteiger partial charge on any atom is 0.0542 e. The molecule has 0 spiro atoms. The summed E-state index contributed by atoms with van der Waals surface area (Å²) < 4.78 is 4.80. The molecule has 0 N–H and O–H groups in total. The zero-order valence-corrected chi connectivity index (χ0v) is 31.7. The molecule has 2 aromatic heterocycles. The lowest BCUT2D eigenvalue weighted by molar-refractivity contribution is 1.17. The Hall–Kier alpha value is -7.42. The predicted molar refractivity (Wildman–Crippen MR) is 246 cm³/mol. The first-order chi connectivity index (χ1) is 28.2. The third-order valence-corrected chi connectivity index (χ3v) is 11.8. The third kappa shape index (κ3) is 5.18. The number of nitrogens with zero attached hydrogens (tertiary/aromatic N) is 2. The maximum absolute atomic E-state index is 4.26. The highest BCUT2D eigenvalue weighted by Gasteiger charge is 2.17. The van der Waals surface area contributed by atoms with Crippen LogP contribution in [0.3, 0.4) is 0 Å². The van der Waals surface area contributed by atoms with Crippen LogP contribution in [0, 0.1) is 0 Å². The minimum Gasteiger partial charge on any atom is -0.309 e. The molecule has 0 saturated carbocycles. The molecule has 57 heavy (non-hydrogen) atoms. The molecule has 268 valence electrons. The van der Waals surface area contributed by atoms with Gasteiger partial charge in [-0.05, 0) is 123 Å².